The van der Waals surface area contributed by atoms with Crippen LogP contribution in [0, 0.1) is 0 Å². The van der Waals surface area contributed by atoms with Gasteiger partial charge in [-0.1, -0.05) is 24.4 Å². The summed E-state index contributed by atoms with van der Waals surface area (Å²) in [5.74, 6) is 0.805. The summed E-state index contributed by atoms with van der Waals surface area (Å²) < 4.78 is 5.87. The van der Waals surface area contributed by atoms with Gasteiger partial charge in [0.05, 0.1) is 0 Å². The van der Waals surface area contributed by atoms with E-state index < -0.39 is 8.32 Å². The summed E-state index contributed by atoms with van der Waals surface area (Å²) in [4.78, 5) is 0.388. The van der Waals surface area contributed by atoms with Crippen LogP contribution in [0.15, 0.2) is 24.3 Å². The molecule has 14 heavy (non-hydrogen) atoms. The smallest absolute Gasteiger partial charge is 0.242 e. The maximum atomic E-state index is 5.87. The molecule has 1 aromatic carbocycles. The van der Waals surface area contributed by atoms with E-state index in [4.69, 9.17) is 22.4 Å². The zero-order valence-corrected chi connectivity index (χ0v) is 10.5. The molecule has 0 spiro atoms. The van der Waals surface area contributed by atoms with Crippen LogP contribution in [0.4, 0.5) is 0 Å². The number of hydrogen-bond acceptors (Lipinski definition) is 2. The monoisotopic (exact) mass is 225 g/mol. The summed E-state index contributed by atoms with van der Waals surface area (Å²) in [5.41, 5.74) is 6.42. The van der Waals surface area contributed by atoms with Crippen LogP contribution in [-0.4, -0.2) is 13.3 Å². The van der Waals surface area contributed by atoms with Gasteiger partial charge in [0.1, 0.15) is 10.7 Å². The molecule has 1 aromatic rings. The Morgan fingerprint density at radius 1 is 1.29 bits per heavy atom. The van der Waals surface area contributed by atoms with Crippen LogP contribution in [0.25, 0.3) is 0 Å². The first kappa shape index (κ1) is 11.2. The Labute approximate surface area is 91.2 Å². The minimum atomic E-state index is -1.59. The molecule has 2 nitrogen and oxygen atoms in total. The lowest BCUT2D eigenvalue weighted by molar-refractivity contribution is 0.556. The highest BCUT2D eigenvalue weighted by molar-refractivity contribution is 7.80. The second-order valence-corrected chi connectivity index (χ2v) is 8.94. The zero-order chi connectivity index (χ0) is 10.8. The minimum absolute atomic E-state index is 0.388. The molecule has 0 bridgehead atoms. The van der Waals surface area contributed by atoms with Gasteiger partial charge < -0.3 is 10.2 Å². The van der Waals surface area contributed by atoms with Crippen molar-refractivity contribution in [3.8, 4) is 5.75 Å². The van der Waals surface area contributed by atoms with Crippen LogP contribution in [0.1, 0.15) is 5.56 Å². The van der Waals surface area contributed by atoms with E-state index >= 15 is 0 Å². The second kappa shape index (κ2) is 4.10. The molecule has 0 aliphatic rings. The average molecular weight is 225 g/mol. The van der Waals surface area contributed by atoms with Gasteiger partial charge in [-0.2, -0.15) is 0 Å². The Kier molecular flexibility index (Phi) is 3.28. The Morgan fingerprint density at radius 3 is 2.36 bits per heavy atom. The Morgan fingerprint density at radius 2 is 1.86 bits per heavy atom. The topological polar surface area (TPSA) is 35.2 Å². The number of hydrogen-bond donors (Lipinski definition) is 1. The van der Waals surface area contributed by atoms with Crippen LogP contribution in [0.5, 0.6) is 5.75 Å². The van der Waals surface area contributed by atoms with E-state index in [1.807, 2.05) is 24.3 Å². The molecule has 0 heterocycles. The van der Waals surface area contributed by atoms with Gasteiger partial charge >= 0.3 is 0 Å². The van der Waals surface area contributed by atoms with Crippen LogP contribution in [-0.2, 0) is 0 Å². The summed E-state index contributed by atoms with van der Waals surface area (Å²) in [7, 11) is -1.59. The van der Waals surface area contributed by atoms with Gasteiger partial charge in [0.2, 0.25) is 8.32 Å². The number of benzene rings is 1. The summed E-state index contributed by atoms with van der Waals surface area (Å²) in [6.45, 7) is 6.38. The molecule has 0 aliphatic carbocycles. The van der Waals surface area contributed by atoms with E-state index in [0.29, 0.717) is 4.99 Å². The van der Waals surface area contributed by atoms with Crippen molar-refractivity contribution in [2.75, 3.05) is 0 Å². The molecule has 0 saturated heterocycles. The molecule has 0 radical (unpaired) electrons. The highest BCUT2D eigenvalue weighted by Gasteiger charge is 2.18. The highest BCUT2D eigenvalue weighted by Crippen LogP contribution is 2.21. The normalized spacial score (nSPS) is 11.1. The largest absolute Gasteiger partial charge is 0.544 e. The number of para-hydroxylation sites is 1. The van der Waals surface area contributed by atoms with Gasteiger partial charge in [-0.15, -0.1) is 0 Å². The summed E-state index contributed by atoms with van der Waals surface area (Å²) >= 11 is 4.95. The first-order valence-corrected chi connectivity index (χ1v) is 8.29. The Balaban J connectivity index is 3.02. The lowest BCUT2D eigenvalue weighted by atomic mass is 10.2. The fourth-order valence-corrected chi connectivity index (χ4v) is 2.10. The third-order valence-corrected chi connectivity index (χ3v) is 2.62. The number of thiocarbonyl (C=S) groups is 1. The third kappa shape index (κ3) is 3.12. The van der Waals surface area contributed by atoms with Crippen LogP contribution < -0.4 is 10.2 Å². The van der Waals surface area contributed by atoms with Gasteiger partial charge in [0.15, 0.2) is 0 Å². The predicted octanol–water partition coefficient (Wildman–Crippen LogP) is 2.53. The van der Waals surface area contributed by atoms with Crippen molar-refractivity contribution < 1.29 is 4.43 Å². The molecule has 0 atom stereocenters. The van der Waals surface area contributed by atoms with Crippen molar-refractivity contribution in [1.82, 2.24) is 0 Å². The maximum Gasteiger partial charge on any atom is 0.242 e. The van der Waals surface area contributed by atoms with E-state index in [0.717, 1.165) is 11.3 Å². The van der Waals surface area contributed by atoms with E-state index in [1.165, 1.54) is 0 Å². The molecule has 0 aromatic heterocycles. The quantitative estimate of drug-likeness (QED) is 0.634. The van der Waals surface area contributed by atoms with E-state index in [1.54, 1.807) is 0 Å². The van der Waals surface area contributed by atoms with Gasteiger partial charge in [0.25, 0.3) is 0 Å². The lowest BCUT2D eigenvalue weighted by Gasteiger charge is -2.21. The first-order chi connectivity index (χ1) is 6.40. The molecule has 0 aliphatic heterocycles. The molecule has 76 valence electrons. The fraction of sp³-hybridized carbons (Fsp3) is 0.300. The summed E-state index contributed by atoms with van der Waals surface area (Å²) in [6.07, 6.45) is 0. The summed E-state index contributed by atoms with van der Waals surface area (Å²) in [5, 5.41) is 0. The van der Waals surface area contributed by atoms with Gasteiger partial charge in [-0.3, -0.25) is 0 Å². The molecular formula is C10H15NOSSi. The van der Waals surface area contributed by atoms with Crippen molar-refractivity contribution >= 4 is 25.5 Å². The second-order valence-electron chi connectivity index (χ2n) is 4.07. The highest BCUT2D eigenvalue weighted by atomic mass is 32.1. The van der Waals surface area contributed by atoms with Gasteiger partial charge in [0, 0.05) is 5.56 Å². The van der Waals surface area contributed by atoms with E-state index in [9.17, 15) is 0 Å². The average Bonchev–Trinajstić information content (AvgIpc) is 2.01. The van der Waals surface area contributed by atoms with Crippen LogP contribution in [0.3, 0.4) is 0 Å². The van der Waals surface area contributed by atoms with Crippen LogP contribution >= 0.6 is 12.2 Å². The van der Waals surface area contributed by atoms with Crippen molar-refractivity contribution in [2.45, 2.75) is 19.6 Å². The Hall–Kier alpha value is -0.873. The molecule has 0 saturated carbocycles. The molecule has 0 fully saturated rings. The summed E-state index contributed by atoms with van der Waals surface area (Å²) in [6, 6.07) is 7.63. The number of nitrogens with two attached hydrogens (primary N) is 1. The standard InChI is InChI=1S/C10H15NOSSi/c1-14(2,3)12-9-7-5-4-6-8(9)10(11)13/h4-7H,1-3H3,(H2,11,13). The van der Waals surface area contributed by atoms with E-state index in [-0.39, 0.29) is 0 Å². The molecule has 4 heteroatoms. The molecular weight excluding hydrogens is 210 g/mol. The minimum Gasteiger partial charge on any atom is -0.544 e. The maximum absolute atomic E-state index is 5.87. The van der Waals surface area contributed by atoms with Crippen LogP contribution in [0.2, 0.25) is 19.6 Å². The fourth-order valence-electron chi connectivity index (χ4n) is 1.09. The molecule has 0 amide bonds. The molecule has 2 N–H and O–H groups in total. The van der Waals surface area contributed by atoms with Gasteiger partial charge in [-0.05, 0) is 31.8 Å². The Bertz CT molecular complexity index is 346. The first-order valence-electron chi connectivity index (χ1n) is 4.48. The van der Waals surface area contributed by atoms with Crippen molar-refractivity contribution in [3.05, 3.63) is 29.8 Å². The number of rotatable bonds is 3. The zero-order valence-electron chi connectivity index (χ0n) is 8.70. The lowest BCUT2D eigenvalue weighted by Crippen LogP contribution is -2.30. The van der Waals surface area contributed by atoms with E-state index in [2.05, 4.69) is 19.6 Å². The molecule has 1 rings (SSSR count). The van der Waals surface area contributed by atoms with Gasteiger partial charge in [-0.25, -0.2) is 0 Å². The van der Waals surface area contributed by atoms with Crippen molar-refractivity contribution in [2.24, 2.45) is 5.73 Å². The third-order valence-electron chi connectivity index (χ3n) is 1.57. The van der Waals surface area contributed by atoms with Crippen molar-refractivity contribution in [3.63, 3.8) is 0 Å². The SMILES string of the molecule is C[Si](C)(C)Oc1ccccc1C(N)=S. The molecule has 0 unspecified atom stereocenters. The predicted molar refractivity (Wildman–Crippen MR) is 66.3 cm³/mol. The van der Waals surface area contributed by atoms with Crippen molar-refractivity contribution in [1.29, 1.82) is 0 Å².